The summed E-state index contributed by atoms with van der Waals surface area (Å²) in [6.07, 6.45) is -5.08. The van der Waals surface area contributed by atoms with E-state index in [2.05, 4.69) is 14.5 Å². The topological polar surface area (TPSA) is 108 Å². The highest BCUT2D eigenvalue weighted by atomic mass is 19.4. The summed E-state index contributed by atoms with van der Waals surface area (Å²) in [5.41, 5.74) is -8.91. The molecule has 48 heavy (non-hydrogen) atoms. The Labute approximate surface area is 270 Å². The Morgan fingerprint density at radius 1 is 0.688 bits per heavy atom. The van der Waals surface area contributed by atoms with Gasteiger partial charge in [0.05, 0.1) is 54.6 Å². The van der Waals surface area contributed by atoms with Crippen LogP contribution in [0.5, 0.6) is 0 Å². The van der Waals surface area contributed by atoms with Gasteiger partial charge in [0.1, 0.15) is 17.7 Å². The number of halogens is 5. The van der Waals surface area contributed by atoms with E-state index in [4.69, 9.17) is 19.7 Å². The summed E-state index contributed by atoms with van der Waals surface area (Å²) in [4.78, 5) is 9.75. The third-order valence-electron chi connectivity index (χ3n) is 7.73. The van der Waals surface area contributed by atoms with E-state index in [0.717, 1.165) is 12.1 Å². The Bertz CT molecular complexity index is 2440. The second-order valence-corrected chi connectivity index (χ2v) is 10.5. The predicted octanol–water partition coefficient (Wildman–Crippen LogP) is 9.03. The van der Waals surface area contributed by atoms with Crippen LogP contribution in [0.1, 0.15) is 55.6 Å². The van der Waals surface area contributed by atoms with E-state index in [-0.39, 0.29) is 11.1 Å². The Morgan fingerprint density at radius 3 is 1.71 bits per heavy atom. The first-order valence-corrected chi connectivity index (χ1v) is 13.4. The summed E-state index contributed by atoms with van der Waals surface area (Å²) in [7, 11) is 0. The lowest BCUT2D eigenvalue weighted by Crippen LogP contribution is -2.08. The van der Waals surface area contributed by atoms with Gasteiger partial charge >= 0.3 is 6.18 Å². The van der Waals surface area contributed by atoms with Crippen molar-refractivity contribution in [3.63, 3.8) is 0 Å². The number of benzene rings is 3. The van der Waals surface area contributed by atoms with Crippen LogP contribution in [-0.2, 0) is 6.18 Å². The van der Waals surface area contributed by atoms with Crippen molar-refractivity contribution in [1.82, 2.24) is 0 Å². The van der Waals surface area contributed by atoms with Gasteiger partial charge in [-0.25, -0.2) is 33.8 Å². The lowest BCUT2D eigenvalue weighted by molar-refractivity contribution is -0.137. The minimum atomic E-state index is -5.08. The van der Waals surface area contributed by atoms with Gasteiger partial charge in [-0.3, -0.25) is 0 Å². The molecule has 3 aromatic rings. The van der Waals surface area contributed by atoms with Gasteiger partial charge in [-0.2, -0.15) is 23.7 Å². The van der Waals surface area contributed by atoms with Crippen molar-refractivity contribution in [2.45, 2.75) is 20.0 Å². The fourth-order valence-corrected chi connectivity index (χ4v) is 6.05. The zero-order chi connectivity index (χ0) is 35.2. The highest BCUT2D eigenvalue weighted by Gasteiger charge is 2.44. The molecule has 2 aliphatic rings. The zero-order valence-corrected chi connectivity index (χ0v) is 24.5. The molecule has 2 aliphatic carbocycles. The minimum absolute atomic E-state index is 0.137. The van der Waals surface area contributed by atoms with Crippen molar-refractivity contribution < 1.29 is 22.0 Å². The van der Waals surface area contributed by atoms with E-state index in [0.29, 0.717) is 17.2 Å². The summed E-state index contributed by atoms with van der Waals surface area (Å²) >= 11 is 0. The molecule has 0 unspecified atom stereocenters. The standard InChI is InChI=1S/C36H12F5N7/c1-16-8-17(2)10-20(9-16)26-29(24(15-45)47-4)31-32(35(26)48-5)33(37)27-21(13-43)25(28(23(14-44)46-3)30(27)34(31)38)18-6-7-19(12-42)22(11-18)36(39,40)41/h6-11H,1-2H3/b28-23-,29-24+. The molecule has 0 saturated carbocycles. The van der Waals surface area contributed by atoms with E-state index in [1.54, 1.807) is 44.2 Å². The molecule has 3 aromatic carbocycles. The number of aryl methyl sites for hydroxylation is 2. The number of nitrogens with zero attached hydrogens (tertiary/aromatic N) is 7. The van der Waals surface area contributed by atoms with Crippen LogP contribution in [0.4, 0.5) is 22.0 Å². The third kappa shape index (κ3) is 4.57. The van der Waals surface area contributed by atoms with Gasteiger partial charge < -0.3 is 0 Å². The molecule has 0 bridgehead atoms. The average molecular weight is 638 g/mol. The molecule has 0 amide bonds. The van der Waals surface area contributed by atoms with E-state index < -0.39 is 96.1 Å². The quantitative estimate of drug-likeness (QED) is 0.159. The third-order valence-corrected chi connectivity index (χ3v) is 7.73. The number of alkyl halides is 3. The summed E-state index contributed by atoms with van der Waals surface area (Å²) in [5, 5.41) is 39.4. The van der Waals surface area contributed by atoms with E-state index >= 15 is 8.78 Å². The Morgan fingerprint density at radius 2 is 1.23 bits per heavy atom. The van der Waals surface area contributed by atoms with Gasteiger partial charge in [0.15, 0.2) is 0 Å². The van der Waals surface area contributed by atoms with Crippen molar-refractivity contribution in [3.8, 4) is 24.3 Å². The molecule has 12 heteroatoms. The first-order chi connectivity index (χ1) is 22.8. The first kappa shape index (κ1) is 32.1. The van der Waals surface area contributed by atoms with Crippen LogP contribution in [-0.4, -0.2) is 0 Å². The summed E-state index contributed by atoms with van der Waals surface area (Å²) < 4.78 is 76.1. The lowest BCUT2D eigenvalue weighted by Gasteiger charge is -2.16. The molecule has 0 spiro atoms. The maximum Gasteiger partial charge on any atom is 0.417 e. The number of nitriles is 4. The van der Waals surface area contributed by atoms with E-state index in [1.807, 2.05) is 0 Å². The van der Waals surface area contributed by atoms with Gasteiger partial charge in [0.2, 0.25) is 5.70 Å². The maximum atomic E-state index is 17.2. The molecule has 5 rings (SSSR count). The van der Waals surface area contributed by atoms with Crippen LogP contribution in [0.15, 0.2) is 47.8 Å². The predicted molar refractivity (Wildman–Crippen MR) is 163 cm³/mol. The molecule has 7 nitrogen and oxygen atoms in total. The van der Waals surface area contributed by atoms with E-state index in [1.165, 1.54) is 12.1 Å². The Kier molecular flexibility index (Phi) is 7.74. The lowest BCUT2D eigenvalue weighted by atomic mass is 9.89. The van der Waals surface area contributed by atoms with Crippen molar-refractivity contribution in [2.24, 2.45) is 0 Å². The molecule has 0 N–H and O–H groups in total. The smallest absolute Gasteiger partial charge is 0.237 e. The summed E-state index contributed by atoms with van der Waals surface area (Å²) in [5.74, 6) is -2.80. The van der Waals surface area contributed by atoms with Crippen LogP contribution in [0.3, 0.4) is 0 Å². The fourth-order valence-electron chi connectivity index (χ4n) is 6.05. The zero-order valence-electron chi connectivity index (χ0n) is 24.5. The van der Waals surface area contributed by atoms with Crippen LogP contribution in [0.2, 0.25) is 0 Å². The molecule has 0 atom stereocenters. The Hall–Kier alpha value is -7.30. The first-order valence-electron chi connectivity index (χ1n) is 13.4. The van der Waals surface area contributed by atoms with Gasteiger partial charge in [-0.1, -0.05) is 35.4 Å². The largest absolute Gasteiger partial charge is 0.417 e. The molecule has 226 valence electrons. The van der Waals surface area contributed by atoms with Gasteiger partial charge in [0.25, 0.3) is 11.4 Å². The Balaban J connectivity index is 2.04. The number of fused-ring (bicyclic) bond motifs is 2. The summed E-state index contributed by atoms with van der Waals surface area (Å²) in [6.45, 7) is 26.7. The van der Waals surface area contributed by atoms with Crippen molar-refractivity contribution in [2.75, 3.05) is 0 Å². The highest BCUT2D eigenvalue weighted by molar-refractivity contribution is 6.29. The molecule has 0 heterocycles. The second-order valence-electron chi connectivity index (χ2n) is 10.5. The molecular weight excluding hydrogens is 625 g/mol. The maximum absolute atomic E-state index is 17.2. The van der Waals surface area contributed by atoms with E-state index in [9.17, 15) is 34.2 Å². The van der Waals surface area contributed by atoms with Crippen molar-refractivity contribution >= 4 is 33.6 Å². The highest BCUT2D eigenvalue weighted by Crippen LogP contribution is 2.58. The van der Waals surface area contributed by atoms with Crippen LogP contribution >= 0.6 is 0 Å². The van der Waals surface area contributed by atoms with Crippen molar-refractivity contribution in [1.29, 1.82) is 21.0 Å². The molecular formula is C36H12F5N7. The van der Waals surface area contributed by atoms with Gasteiger partial charge in [0, 0.05) is 27.8 Å². The molecule has 0 fully saturated rings. The van der Waals surface area contributed by atoms with Crippen LogP contribution < -0.4 is 0 Å². The number of hydrogen-bond donors (Lipinski definition) is 0. The average Bonchev–Trinajstić information content (AvgIpc) is 3.58. The molecule has 0 radical (unpaired) electrons. The minimum Gasteiger partial charge on any atom is -0.237 e. The molecule has 0 saturated heterocycles. The normalized spacial score (nSPS) is 15.2. The van der Waals surface area contributed by atoms with Crippen LogP contribution in [0, 0.1) is 90.5 Å². The van der Waals surface area contributed by atoms with Crippen LogP contribution in [0.25, 0.3) is 48.1 Å². The monoisotopic (exact) mass is 637 g/mol. The van der Waals surface area contributed by atoms with Crippen molar-refractivity contribution in [3.05, 3.63) is 149 Å². The van der Waals surface area contributed by atoms with Gasteiger partial charge in [-0.15, -0.1) is 0 Å². The molecule has 0 aliphatic heterocycles. The fraction of sp³-hybridized carbons (Fsp3) is 0.0833. The number of allylic oxidation sites excluding steroid dienone is 7. The number of hydrogen-bond acceptors (Lipinski definition) is 4. The summed E-state index contributed by atoms with van der Waals surface area (Å²) in [6, 6.07) is 13.5. The SMILES string of the molecule is [C-]#[N+]C1=C(c2cc(C)cc(C)c2)/C(=C(/C#N)[N+]#[C-])c2c(F)c3c(c(F)c21)C(C#N)=C(c1ccc(C#N)c(C(F)(F)F)c1)/C3=C(\C#N)[N+]#[C-]. The van der Waals surface area contributed by atoms with Gasteiger partial charge in [-0.05, 0) is 53.8 Å². The second kappa shape index (κ2) is 11.6. The molecule has 0 aromatic heterocycles. The number of rotatable bonds is 2.